The van der Waals surface area contributed by atoms with Gasteiger partial charge in [0, 0.05) is 7.05 Å². The number of anilines is 2. The molecule has 0 amide bonds. The van der Waals surface area contributed by atoms with E-state index in [-0.39, 0.29) is 16.9 Å². The number of hydrogen-bond acceptors (Lipinski definition) is 3. The Labute approximate surface area is 150 Å². The molecule has 0 fully saturated rings. The van der Waals surface area contributed by atoms with Crippen molar-refractivity contribution >= 4 is 28.2 Å². The normalized spacial score (nSPS) is 13.1. The van der Waals surface area contributed by atoms with E-state index in [2.05, 4.69) is 60.5 Å². The Balaban J connectivity index is 1.87. The average Bonchev–Trinajstić information content (AvgIpc) is 2.68. The van der Waals surface area contributed by atoms with Gasteiger partial charge in [-0.3, -0.25) is 0 Å². The Hall–Kier alpha value is -2.72. The number of carbonyl (C=O) groups excluding carboxylic acids is 1. The summed E-state index contributed by atoms with van der Waals surface area (Å²) in [5.74, 6) is -0.306. The van der Waals surface area contributed by atoms with Gasteiger partial charge in [-0.15, -0.1) is 0 Å². The van der Waals surface area contributed by atoms with Crippen molar-refractivity contribution in [3.63, 3.8) is 0 Å². The third kappa shape index (κ3) is 2.59. The van der Waals surface area contributed by atoms with E-state index in [0.29, 0.717) is 5.56 Å². The molecule has 25 heavy (non-hydrogen) atoms. The number of esters is 1. The lowest BCUT2D eigenvalue weighted by Gasteiger charge is -2.28. The molecule has 1 heterocycles. The molecule has 3 aromatic carbocycles. The molecule has 1 aliphatic heterocycles. The first-order valence-electron chi connectivity index (χ1n) is 8.05. The summed E-state index contributed by atoms with van der Waals surface area (Å²) < 4.78 is 4.80. The van der Waals surface area contributed by atoms with Crippen LogP contribution in [0.15, 0.2) is 87.5 Å². The minimum absolute atomic E-state index is 0.196. The van der Waals surface area contributed by atoms with Crippen LogP contribution in [0.2, 0.25) is 0 Å². The highest BCUT2D eigenvalue weighted by molar-refractivity contribution is 7.97. The minimum atomic E-state index is -0.306. The third-order valence-corrected chi connectivity index (χ3v) is 6.72. The predicted molar refractivity (Wildman–Crippen MR) is 101 cm³/mol. The van der Waals surface area contributed by atoms with Crippen LogP contribution in [0.5, 0.6) is 0 Å². The molecule has 0 unspecified atom stereocenters. The summed E-state index contributed by atoms with van der Waals surface area (Å²) in [7, 11) is 3.32. The van der Waals surface area contributed by atoms with E-state index < -0.39 is 0 Å². The van der Waals surface area contributed by atoms with Gasteiger partial charge in [0.1, 0.15) is 10.9 Å². The first kappa shape index (κ1) is 15.8. The molecule has 0 saturated heterocycles. The smallest absolute Gasteiger partial charge is 0.337 e. The first-order valence-corrected chi connectivity index (χ1v) is 9.27. The fourth-order valence-electron chi connectivity index (χ4n) is 3.16. The number of benzene rings is 3. The van der Waals surface area contributed by atoms with Crippen LogP contribution in [0.1, 0.15) is 10.4 Å². The van der Waals surface area contributed by atoms with Crippen molar-refractivity contribution in [2.45, 2.75) is 14.7 Å². The van der Waals surface area contributed by atoms with Crippen molar-refractivity contribution in [3.05, 3.63) is 78.4 Å². The van der Waals surface area contributed by atoms with Crippen molar-refractivity contribution < 1.29 is 9.53 Å². The van der Waals surface area contributed by atoms with Crippen LogP contribution in [0.25, 0.3) is 0 Å². The number of nitrogens with zero attached hydrogens (tertiary/aromatic N) is 1. The molecule has 0 bridgehead atoms. The topological polar surface area (TPSA) is 29.5 Å². The van der Waals surface area contributed by atoms with Gasteiger partial charge in [0.05, 0.1) is 24.0 Å². The molecule has 0 N–H and O–H groups in total. The molecule has 0 aromatic heterocycles. The number of ether oxygens (including phenoxy) is 1. The molecule has 124 valence electrons. The lowest BCUT2D eigenvalue weighted by Crippen LogP contribution is -2.22. The van der Waals surface area contributed by atoms with E-state index in [0.717, 1.165) is 0 Å². The monoisotopic (exact) mass is 348 g/mol. The van der Waals surface area contributed by atoms with Crippen molar-refractivity contribution in [1.29, 1.82) is 0 Å². The fourth-order valence-corrected chi connectivity index (χ4v) is 5.57. The number of para-hydroxylation sites is 2. The summed E-state index contributed by atoms with van der Waals surface area (Å²) in [6.07, 6.45) is 0. The largest absolute Gasteiger partial charge is 0.465 e. The second-order valence-corrected chi connectivity index (χ2v) is 7.78. The summed E-state index contributed by atoms with van der Waals surface area (Å²) in [6, 6.07) is 24.8. The molecular weight excluding hydrogens is 330 g/mol. The third-order valence-electron chi connectivity index (χ3n) is 4.40. The Morgan fingerprint density at radius 3 is 1.88 bits per heavy atom. The van der Waals surface area contributed by atoms with Crippen molar-refractivity contribution in [2.75, 3.05) is 19.1 Å². The van der Waals surface area contributed by atoms with Gasteiger partial charge in [0.15, 0.2) is 14.7 Å². The van der Waals surface area contributed by atoms with Gasteiger partial charge in [0.2, 0.25) is 0 Å². The van der Waals surface area contributed by atoms with Crippen LogP contribution in [-0.2, 0) is 15.6 Å². The molecule has 3 nitrogen and oxygen atoms in total. The Morgan fingerprint density at radius 1 is 0.840 bits per heavy atom. The van der Waals surface area contributed by atoms with Crippen LogP contribution in [0.4, 0.5) is 11.4 Å². The van der Waals surface area contributed by atoms with E-state index >= 15 is 0 Å². The maximum Gasteiger partial charge on any atom is 0.337 e. The Morgan fingerprint density at radius 2 is 1.36 bits per heavy atom. The molecule has 0 spiro atoms. The lowest BCUT2D eigenvalue weighted by molar-refractivity contribution is 0.0600. The Bertz CT molecular complexity index is 889. The summed E-state index contributed by atoms with van der Waals surface area (Å²) in [5, 5.41) is 0. The van der Waals surface area contributed by atoms with Gasteiger partial charge < -0.3 is 9.64 Å². The van der Waals surface area contributed by atoms with Crippen molar-refractivity contribution in [2.24, 2.45) is 0 Å². The van der Waals surface area contributed by atoms with Crippen molar-refractivity contribution in [3.8, 4) is 0 Å². The van der Waals surface area contributed by atoms with Crippen LogP contribution >= 0.6 is 0 Å². The highest BCUT2D eigenvalue weighted by Crippen LogP contribution is 2.46. The van der Waals surface area contributed by atoms with Crippen LogP contribution < -0.4 is 4.90 Å². The van der Waals surface area contributed by atoms with E-state index in [9.17, 15) is 4.79 Å². The zero-order valence-electron chi connectivity index (χ0n) is 14.1. The zero-order chi connectivity index (χ0) is 17.4. The van der Waals surface area contributed by atoms with Gasteiger partial charge in [-0.2, -0.15) is 0 Å². The van der Waals surface area contributed by atoms with Gasteiger partial charge in [-0.25, -0.2) is 4.79 Å². The first-order chi connectivity index (χ1) is 12.2. The summed E-state index contributed by atoms with van der Waals surface area (Å²) in [6.45, 7) is 0. The number of fused-ring (bicyclic) bond motifs is 2. The van der Waals surface area contributed by atoms with E-state index in [1.54, 1.807) is 0 Å². The molecule has 3 aromatic rings. The molecule has 0 aliphatic carbocycles. The predicted octanol–water partition coefficient (Wildman–Crippen LogP) is 4.65. The van der Waals surface area contributed by atoms with Gasteiger partial charge >= 0.3 is 5.97 Å². The van der Waals surface area contributed by atoms with E-state index in [1.807, 2.05) is 24.3 Å². The Kier molecular flexibility index (Phi) is 3.98. The quantitative estimate of drug-likeness (QED) is 0.499. The molecule has 0 radical (unpaired) electrons. The second kappa shape index (κ2) is 6.30. The molecule has 4 rings (SSSR count). The summed E-state index contributed by atoms with van der Waals surface area (Å²) >= 11 is 0. The summed E-state index contributed by atoms with van der Waals surface area (Å²) in [4.78, 5) is 17.8. The van der Waals surface area contributed by atoms with E-state index in [1.165, 1.54) is 33.2 Å². The lowest BCUT2D eigenvalue weighted by atomic mass is 10.2. The maximum absolute atomic E-state index is 11.7. The van der Waals surface area contributed by atoms with Crippen LogP contribution in [0, 0.1) is 0 Å². The van der Waals surface area contributed by atoms with Crippen LogP contribution in [-0.4, -0.2) is 20.1 Å². The van der Waals surface area contributed by atoms with Gasteiger partial charge in [-0.05, 0) is 48.5 Å². The summed E-state index contributed by atoms with van der Waals surface area (Å²) in [5.41, 5.74) is 3.02. The second-order valence-electron chi connectivity index (χ2n) is 5.82. The molecule has 4 heteroatoms. The number of carbonyl (C=O) groups is 1. The average molecular weight is 348 g/mol. The minimum Gasteiger partial charge on any atom is -0.465 e. The molecule has 0 saturated carbocycles. The number of hydrogen-bond donors (Lipinski definition) is 0. The number of methoxy groups -OCH3 is 1. The zero-order valence-corrected chi connectivity index (χ0v) is 14.9. The van der Waals surface area contributed by atoms with Crippen molar-refractivity contribution in [1.82, 2.24) is 0 Å². The SMILES string of the molecule is COC(=O)c1ccc([S+]2c3ccccc3N(C)c3ccccc32)cc1. The maximum atomic E-state index is 11.7. The van der Waals surface area contributed by atoms with Gasteiger partial charge in [0.25, 0.3) is 0 Å². The fraction of sp³-hybridized carbons (Fsp3) is 0.0952. The number of rotatable bonds is 2. The van der Waals surface area contributed by atoms with E-state index in [4.69, 9.17) is 4.74 Å². The molecule has 1 aliphatic rings. The molecular formula is C21H18NO2S+. The van der Waals surface area contributed by atoms with Gasteiger partial charge in [-0.1, -0.05) is 24.3 Å². The standard InChI is InChI=1S/C21H18NO2S/c1-22-17-7-3-5-9-19(17)25(20-10-6-4-8-18(20)22)16-13-11-15(12-14-16)21(23)24-2/h3-14H,1-2H3/q+1. The molecule has 0 atom stereocenters. The highest BCUT2D eigenvalue weighted by atomic mass is 32.2. The van der Waals surface area contributed by atoms with Crippen LogP contribution in [0.3, 0.4) is 0 Å². The highest BCUT2D eigenvalue weighted by Gasteiger charge is 2.39.